The molecule has 1 amide bonds. The van der Waals surface area contributed by atoms with Crippen LogP contribution in [0.3, 0.4) is 0 Å². The molecule has 1 heterocycles. The van der Waals surface area contributed by atoms with Crippen molar-refractivity contribution < 1.29 is 40.0 Å². The average Bonchev–Trinajstić information content (AvgIpc) is 3.31. The Morgan fingerprint density at radius 1 is 0.857 bits per heavy atom. The fourth-order valence-electron chi connectivity index (χ4n) is 4.76. The van der Waals surface area contributed by atoms with Crippen LogP contribution < -0.4 is 15.2 Å². The third-order valence-corrected chi connectivity index (χ3v) is 10.5. The van der Waals surface area contributed by atoms with Crippen molar-refractivity contribution in [1.82, 2.24) is 0 Å². The molecule has 42 heavy (non-hydrogen) atoms. The SMILES string of the molecule is COc1cc(OC(F)(F)F)cc(C(C)(C)c2cccc(-c3c(C(N)=O)sc4ccc(C(C)(C)S(=O)(=O)OC)cc34)c2)c1. The first-order chi connectivity index (χ1) is 19.4. The van der Waals surface area contributed by atoms with Crippen molar-refractivity contribution >= 4 is 37.4 Å². The third kappa shape index (κ3) is 5.83. The lowest BCUT2D eigenvalue weighted by Crippen LogP contribution is -2.30. The van der Waals surface area contributed by atoms with Crippen molar-refractivity contribution in [1.29, 1.82) is 0 Å². The molecule has 3 aromatic carbocycles. The van der Waals surface area contributed by atoms with Crippen LogP contribution in [-0.2, 0) is 24.5 Å². The smallest absolute Gasteiger partial charge is 0.497 e. The average molecular weight is 622 g/mol. The topological polar surface area (TPSA) is 105 Å². The number of primary amides is 1. The highest BCUT2D eigenvalue weighted by atomic mass is 32.2. The number of fused-ring (bicyclic) bond motifs is 1. The highest BCUT2D eigenvalue weighted by molar-refractivity contribution is 7.87. The zero-order valence-electron chi connectivity index (χ0n) is 23.8. The Labute approximate surface area is 246 Å². The van der Waals surface area contributed by atoms with Crippen molar-refractivity contribution in [3.8, 4) is 22.6 Å². The van der Waals surface area contributed by atoms with Gasteiger partial charge in [0.05, 0.1) is 14.2 Å². The van der Waals surface area contributed by atoms with E-state index in [1.165, 1.54) is 38.4 Å². The van der Waals surface area contributed by atoms with Gasteiger partial charge in [-0.1, -0.05) is 44.2 Å². The van der Waals surface area contributed by atoms with E-state index in [0.29, 0.717) is 27.6 Å². The van der Waals surface area contributed by atoms with Crippen molar-refractivity contribution in [2.45, 2.75) is 44.2 Å². The summed E-state index contributed by atoms with van der Waals surface area (Å²) in [5, 5.41) is 0.628. The van der Waals surface area contributed by atoms with Crippen molar-refractivity contribution in [2.75, 3.05) is 14.2 Å². The Balaban J connectivity index is 1.90. The molecular weight excluding hydrogens is 591 g/mol. The molecule has 0 aliphatic heterocycles. The second-order valence-electron chi connectivity index (χ2n) is 10.7. The molecule has 12 heteroatoms. The lowest BCUT2D eigenvalue weighted by Gasteiger charge is -2.28. The molecule has 0 atom stereocenters. The van der Waals surface area contributed by atoms with Gasteiger partial charge in [-0.05, 0) is 60.4 Å². The number of amides is 1. The summed E-state index contributed by atoms with van der Waals surface area (Å²) in [6.07, 6.45) is -4.88. The van der Waals surface area contributed by atoms with Crippen LogP contribution in [0.5, 0.6) is 11.5 Å². The second kappa shape index (κ2) is 10.9. The fraction of sp³-hybridized carbons (Fsp3) is 0.300. The molecule has 0 saturated heterocycles. The predicted molar refractivity (Wildman–Crippen MR) is 157 cm³/mol. The minimum absolute atomic E-state index is 0.192. The molecule has 0 saturated carbocycles. The maximum absolute atomic E-state index is 13.0. The molecule has 0 fully saturated rings. The Morgan fingerprint density at radius 3 is 2.12 bits per heavy atom. The predicted octanol–water partition coefficient (Wildman–Crippen LogP) is 7.11. The molecule has 0 aliphatic rings. The van der Waals surface area contributed by atoms with Gasteiger partial charge in [0.1, 0.15) is 21.1 Å². The lowest BCUT2D eigenvalue weighted by atomic mass is 9.77. The Morgan fingerprint density at radius 2 is 1.52 bits per heavy atom. The fourth-order valence-corrected chi connectivity index (χ4v) is 6.65. The van der Waals surface area contributed by atoms with Gasteiger partial charge in [-0.2, -0.15) is 8.42 Å². The summed E-state index contributed by atoms with van der Waals surface area (Å²) in [6, 6.07) is 16.5. The van der Waals surface area contributed by atoms with Crippen molar-refractivity contribution in [3.63, 3.8) is 0 Å². The van der Waals surface area contributed by atoms with Gasteiger partial charge >= 0.3 is 6.36 Å². The summed E-state index contributed by atoms with van der Waals surface area (Å²) in [5.74, 6) is -0.873. The van der Waals surface area contributed by atoms with Gasteiger partial charge in [-0.15, -0.1) is 24.5 Å². The van der Waals surface area contributed by atoms with Crippen LogP contribution in [0.2, 0.25) is 0 Å². The number of methoxy groups -OCH3 is 1. The molecular formula is C30H30F3NO6S2. The van der Waals surface area contributed by atoms with E-state index in [0.717, 1.165) is 23.4 Å². The van der Waals surface area contributed by atoms with E-state index in [4.69, 9.17) is 14.7 Å². The summed E-state index contributed by atoms with van der Waals surface area (Å²) in [6.45, 7) is 6.74. The molecule has 1 aromatic heterocycles. The molecule has 0 bridgehead atoms. The summed E-state index contributed by atoms with van der Waals surface area (Å²) < 4.78 is 78.0. The van der Waals surface area contributed by atoms with Crippen LogP contribution in [0.4, 0.5) is 13.2 Å². The van der Waals surface area contributed by atoms with Gasteiger partial charge in [0.25, 0.3) is 16.0 Å². The number of alkyl halides is 3. The lowest BCUT2D eigenvalue weighted by molar-refractivity contribution is -0.274. The number of hydrogen-bond acceptors (Lipinski definition) is 7. The zero-order valence-corrected chi connectivity index (χ0v) is 25.4. The number of ether oxygens (including phenoxy) is 2. The molecule has 224 valence electrons. The van der Waals surface area contributed by atoms with Gasteiger partial charge < -0.3 is 15.2 Å². The van der Waals surface area contributed by atoms with Crippen LogP contribution in [0.15, 0.2) is 60.7 Å². The third-order valence-electron chi connectivity index (χ3n) is 7.40. The largest absolute Gasteiger partial charge is 0.573 e. The number of carbonyl (C=O) groups is 1. The summed E-state index contributed by atoms with van der Waals surface area (Å²) in [4.78, 5) is 12.9. The van der Waals surface area contributed by atoms with Crippen LogP contribution in [-0.4, -0.2) is 34.9 Å². The first kappa shape index (κ1) is 31.3. The van der Waals surface area contributed by atoms with E-state index in [1.807, 2.05) is 26.0 Å². The molecule has 0 unspecified atom stereocenters. The first-order valence-electron chi connectivity index (χ1n) is 12.6. The summed E-state index contributed by atoms with van der Waals surface area (Å²) in [5.41, 5.74) is 7.77. The molecule has 4 rings (SSSR count). The van der Waals surface area contributed by atoms with E-state index in [9.17, 15) is 26.4 Å². The molecule has 2 N–H and O–H groups in total. The van der Waals surface area contributed by atoms with Crippen molar-refractivity contribution in [2.24, 2.45) is 5.73 Å². The van der Waals surface area contributed by atoms with Crippen LogP contribution in [0.25, 0.3) is 21.2 Å². The maximum Gasteiger partial charge on any atom is 0.573 e. The van der Waals surface area contributed by atoms with Crippen LogP contribution in [0.1, 0.15) is 54.1 Å². The number of thiophene rings is 1. The van der Waals surface area contributed by atoms with Gasteiger partial charge in [0.15, 0.2) is 0 Å². The minimum atomic E-state index is -4.88. The van der Waals surface area contributed by atoms with Crippen molar-refractivity contribution in [3.05, 3.63) is 82.2 Å². The van der Waals surface area contributed by atoms with Crippen LogP contribution in [0, 0.1) is 0 Å². The number of hydrogen-bond donors (Lipinski definition) is 1. The Hall–Kier alpha value is -3.61. The van der Waals surface area contributed by atoms with E-state index < -0.39 is 38.3 Å². The monoisotopic (exact) mass is 621 g/mol. The Kier molecular flexibility index (Phi) is 8.13. The van der Waals surface area contributed by atoms with Gasteiger partial charge in [0.2, 0.25) is 0 Å². The summed E-state index contributed by atoms with van der Waals surface area (Å²) >= 11 is 1.19. The number of nitrogens with two attached hydrogens (primary N) is 1. The summed E-state index contributed by atoms with van der Waals surface area (Å²) in [7, 11) is -1.51. The number of carbonyl (C=O) groups excluding carboxylic acids is 1. The normalized spacial score (nSPS) is 12.9. The Bertz CT molecular complexity index is 1780. The molecule has 4 aromatic rings. The highest BCUT2D eigenvalue weighted by Gasteiger charge is 2.37. The maximum atomic E-state index is 13.0. The molecule has 7 nitrogen and oxygen atoms in total. The first-order valence-corrected chi connectivity index (χ1v) is 14.9. The van der Waals surface area contributed by atoms with Gasteiger partial charge in [-0.25, -0.2) is 0 Å². The molecule has 0 aliphatic carbocycles. The number of benzene rings is 3. The molecule has 0 spiro atoms. The van der Waals surface area contributed by atoms with Gasteiger partial charge in [0, 0.05) is 27.1 Å². The quantitative estimate of drug-likeness (QED) is 0.200. The van der Waals surface area contributed by atoms with E-state index in [-0.39, 0.29) is 10.6 Å². The number of halogens is 3. The zero-order chi connectivity index (χ0) is 31.3. The highest BCUT2D eigenvalue weighted by Crippen LogP contribution is 2.44. The second-order valence-corrected chi connectivity index (χ2v) is 14.0. The molecule has 0 radical (unpaired) electrons. The van der Waals surface area contributed by atoms with Crippen LogP contribution >= 0.6 is 11.3 Å². The van der Waals surface area contributed by atoms with Gasteiger partial charge in [-0.3, -0.25) is 8.98 Å². The standard InChI is InChI=1S/C30H30F3NO6S2/c1-28(2,20-13-21(38-5)16-22(14-20)40-30(31,32)33)18-9-7-8-17(12-18)25-23-15-19(29(3,4)42(36,37)39-6)10-11-24(23)41-26(25)27(34)35/h7-16H,1-6H3,(H2,34,35). The van der Waals surface area contributed by atoms with E-state index in [2.05, 4.69) is 4.74 Å². The minimum Gasteiger partial charge on any atom is -0.497 e. The van der Waals surface area contributed by atoms with E-state index in [1.54, 1.807) is 36.4 Å². The van der Waals surface area contributed by atoms with E-state index >= 15 is 0 Å². The number of rotatable bonds is 9.